The maximum absolute atomic E-state index is 11.4. The molecular weight excluding hydrogens is 168 g/mol. The van der Waals surface area contributed by atoms with Gasteiger partial charge < -0.3 is 15.3 Å². The van der Waals surface area contributed by atoms with Crippen molar-refractivity contribution in [2.45, 2.75) is 38.8 Å². The summed E-state index contributed by atoms with van der Waals surface area (Å²) in [6.07, 6.45) is 0. The van der Waals surface area contributed by atoms with E-state index >= 15 is 0 Å². The van der Waals surface area contributed by atoms with Crippen LogP contribution in [0.5, 0.6) is 0 Å². The van der Waals surface area contributed by atoms with Gasteiger partial charge in [0.1, 0.15) is 0 Å². The second-order valence-corrected chi connectivity index (χ2v) is 5.03. The molecule has 0 saturated carbocycles. The average molecular weight is 186 g/mol. The SMILES string of the molecule is CC1(O)CN(C(=O)NC(C)(C)C)C1. The Morgan fingerprint density at radius 3 is 2.23 bits per heavy atom. The number of hydrogen-bond donors (Lipinski definition) is 2. The predicted molar refractivity (Wildman–Crippen MR) is 50.5 cm³/mol. The van der Waals surface area contributed by atoms with Gasteiger partial charge in [-0.2, -0.15) is 0 Å². The first-order valence-corrected chi connectivity index (χ1v) is 4.49. The fourth-order valence-electron chi connectivity index (χ4n) is 1.32. The van der Waals surface area contributed by atoms with Crippen LogP contribution in [-0.2, 0) is 0 Å². The zero-order valence-electron chi connectivity index (χ0n) is 8.72. The highest BCUT2D eigenvalue weighted by atomic mass is 16.3. The van der Waals surface area contributed by atoms with Crippen LogP contribution >= 0.6 is 0 Å². The van der Waals surface area contributed by atoms with Gasteiger partial charge in [0.2, 0.25) is 0 Å². The van der Waals surface area contributed by atoms with Gasteiger partial charge in [0, 0.05) is 5.54 Å². The van der Waals surface area contributed by atoms with E-state index < -0.39 is 5.60 Å². The second kappa shape index (κ2) is 2.87. The smallest absolute Gasteiger partial charge is 0.318 e. The van der Waals surface area contributed by atoms with E-state index in [0.29, 0.717) is 13.1 Å². The molecule has 0 aromatic carbocycles. The summed E-state index contributed by atoms with van der Waals surface area (Å²) in [6, 6.07) is -0.0981. The van der Waals surface area contributed by atoms with Crippen molar-refractivity contribution in [3.63, 3.8) is 0 Å². The molecule has 76 valence electrons. The van der Waals surface area contributed by atoms with Gasteiger partial charge in [-0.3, -0.25) is 0 Å². The van der Waals surface area contributed by atoms with Crippen LogP contribution in [0.1, 0.15) is 27.7 Å². The summed E-state index contributed by atoms with van der Waals surface area (Å²) in [5, 5.41) is 12.2. The van der Waals surface area contributed by atoms with Crippen LogP contribution in [0.15, 0.2) is 0 Å². The number of β-amino-alcohol motifs (C(OH)–C–C–N with tert-alkyl or cyclic N) is 1. The highest BCUT2D eigenvalue weighted by molar-refractivity contribution is 5.76. The number of urea groups is 1. The van der Waals surface area contributed by atoms with E-state index in [0.717, 1.165) is 0 Å². The van der Waals surface area contributed by atoms with Crippen LogP contribution in [0, 0.1) is 0 Å². The lowest BCUT2D eigenvalue weighted by Gasteiger charge is -2.44. The Kier molecular flexibility index (Phi) is 2.28. The molecule has 2 amide bonds. The van der Waals surface area contributed by atoms with Gasteiger partial charge >= 0.3 is 6.03 Å². The topological polar surface area (TPSA) is 52.6 Å². The van der Waals surface area contributed by atoms with E-state index in [1.165, 1.54) is 0 Å². The molecule has 13 heavy (non-hydrogen) atoms. The summed E-state index contributed by atoms with van der Waals surface area (Å²) in [5.41, 5.74) is -0.895. The molecule has 1 heterocycles. The van der Waals surface area contributed by atoms with Gasteiger partial charge in [0.05, 0.1) is 18.7 Å². The summed E-state index contributed by atoms with van der Waals surface area (Å²) in [6.45, 7) is 8.38. The van der Waals surface area contributed by atoms with E-state index in [9.17, 15) is 9.90 Å². The largest absolute Gasteiger partial charge is 0.386 e. The van der Waals surface area contributed by atoms with Crippen molar-refractivity contribution in [1.82, 2.24) is 10.2 Å². The number of aliphatic hydroxyl groups is 1. The molecule has 0 aromatic heterocycles. The molecule has 0 unspecified atom stereocenters. The summed E-state index contributed by atoms with van der Waals surface area (Å²) < 4.78 is 0. The lowest BCUT2D eigenvalue weighted by atomic mass is 9.97. The molecule has 1 aliphatic heterocycles. The minimum absolute atomic E-state index is 0.0981. The Hall–Kier alpha value is -0.770. The van der Waals surface area contributed by atoms with Gasteiger partial charge in [-0.25, -0.2) is 4.79 Å². The molecule has 0 radical (unpaired) electrons. The number of hydrogen-bond acceptors (Lipinski definition) is 2. The van der Waals surface area contributed by atoms with E-state index in [2.05, 4.69) is 5.32 Å². The second-order valence-electron chi connectivity index (χ2n) is 5.03. The molecule has 4 nitrogen and oxygen atoms in total. The van der Waals surface area contributed by atoms with Crippen LogP contribution in [0.3, 0.4) is 0 Å². The lowest BCUT2D eigenvalue weighted by molar-refractivity contribution is -0.0615. The van der Waals surface area contributed by atoms with Crippen molar-refractivity contribution in [1.29, 1.82) is 0 Å². The molecule has 0 aliphatic carbocycles. The number of rotatable bonds is 0. The van der Waals surface area contributed by atoms with E-state index in [-0.39, 0.29) is 11.6 Å². The van der Waals surface area contributed by atoms with E-state index in [1.54, 1.807) is 11.8 Å². The first kappa shape index (κ1) is 10.3. The molecular formula is C9H18N2O2. The van der Waals surface area contributed by atoms with Crippen LogP contribution in [0.25, 0.3) is 0 Å². The monoisotopic (exact) mass is 186 g/mol. The third-order valence-corrected chi connectivity index (χ3v) is 1.83. The van der Waals surface area contributed by atoms with Crippen LogP contribution in [-0.4, -0.2) is 40.3 Å². The molecule has 1 saturated heterocycles. The number of nitrogens with one attached hydrogen (secondary N) is 1. The summed E-state index contributed by atoms with van der Waals surface area (Å²) in [7, 11) is 0. The number of likely N-dealkylation sites (tertiary alicyclic amines) is 1. The molecule has 4 heteroatoms. The molecule has 1 fully saturated rings. The van der Waals surface area contributed by atoms with Crippen LogP contribution < -0.4 is 5.32 Å². The summed E-state index contributed by atoms with van der Waals surface area (Å²) >= 11 is 0. The minimum atomic E-state index is -0.685. The number of nitrogens with zero attached hydrogens (tertiary/aromatic N) is 1. The van der Waals surface area contributed by atoms with Crippen LogP contribution in [0.4, 0.5) is 4.79 Å². The van der Waals surface area contributed by atoms with Crippen molar-refractivity contribution >= 4 is 6.03 Å². The third-order valence-electron chi connectivity index (χ3n) is 1.83. The number of carbonyl (C=O) groups excluding carboxylic acids is 1. The summed E-state index contributed by atoms with van der Waals surface area (Å²) in [5.74, 6) is 0. The van der Waals surface area contributed by atoms with Crippen molar-refractivity contribution in [2.75, 3.05) is 13.1 Å². The van der Waals surface area contributed by atoms with Gasteiger partial charge in [-0.15, -0.1) is 0 Å². The molecule has 1 aliphatic rings. The Balaban J connectivity index is 2.36. The maximum Gasteiger partial charge on any atom is 0.318 e. The van der Waals surface area contributed by atoms with Gasteiger partial charge in [-0.1, -0.05) is 0 Å². The first-order chi connectivity index (χ1) is 5.70. The van der Waals surface area contributed by atoms with E-state index in [4.69, 9.17) is 0 Å². The fraction of sp³-hybridized carbons (Fsp3) is 0.889. The summed E-state index contributed by atoms with van der Waals surface area (Å²) in [4.78, 5) is 13.0. The van der Waals surface area contributed by atoms with Gasteiger partial charge in [0.25, 0.3) is 0 Å². The highest BCUT2D eigenvalue weighted by Crippen LogP contribution is 2.19. The normalized spacial score (nSPS) is 20.8. The minimum Gasteiger partial charge on any atom is -0.386 e. The van der Waals surface area contributed by atoms with Crippen molar-refractivity contribution < 1.29 is 9.90 Å². The fourth-order valence-corrected chi connectivity index (χ4v) is 1.32. The lowest BCUT2D eigenvalue weighted by Crippen LogP contribution is -2.65. The standard InChI is InChI=1S/C9H18N2O2/c1-8(2,3)10-7(12)11-5-9(4,13)6-11/h13H,5-6H2,1-4H3,(H,10,12). The van der Waals surface area contributed by atoms with Gasteiger partial charge in [0.15, 0.2) is 0 Å². The number of carbonyl (C=O) groups is 1. The zero-order chi connectivity index (χ0) is 10.3. The molecule has 0 atom stereocenters. The number of amides is 2. The predicted octanol–water partition coefficient (Wildman–Crippen LogP) is 0.561. The first-order valence-electron chi connectivity index (χ1n) is 4.49. The average Bonchev–Trinajstić information content (AvgIpc) is 1.77. The highest BCUT2D eigenvalue weighted by Gasteiger charge is 2.40. The Morgan fingerprint density at radius 1 is 1.46 bits per heavy atom. The van der Waals surface area contributed by atoms with Crippen LogP contribution in [0.2, 0.25) is 0 Å². The van der Waals surface area contributed by atoms with Gasteiger partial charge in [-0.05, 0) is 27.7 Å². The van der Waals surface area contributed by atoms with E-state index in [1.807, 2.05) is 20.8 Å². The Labute approximate surface area is 78.9 Å². The molecule has 0 aromatic rings. The zero-order valence-corrected chi connectivity index (χ0v) is 8.72. The van der Waals surface area contributed by atoms with Crippen molar-refractivity contribution in [3.05, 3.63) is 0 Å². The Bertz CT molecular complexity index is 210. The molecule has 2 N–H and O–H groups in total. The Morgan fingerprint density at radius 2 is 1.92 bits per heavy atom. The molecule has 0 spiro atoms. The van der Waals surface area contributed by atoms with Crippen molar-refractivity contribution in [2.24, 2.45) is 0 Å². The van der Waals surface area contributed by atoms with Crippen molar-refractivity contribution in [3.8, 4) is 0 Å². The molecule has 0 bridgehead atoms. The maximum atomic E-state index is 11.4. The quantitative estimate of drug-likeness (QED) is 0.581. The third kappa shape index (κ3) is 2.88. The molecule has 1 rings (SSSR count).